The molecule has 0 spiro atoms. The predicted molar refractivity (Wildman–Crippen MR) is 99.7 cm³/mol. The number of ether oxygens (including phenoxy) is 2. The maximum absolute atomic E-state index is 12.1. The van der Waals surface area contributed by atoms with E-state index in [-0.39, 0.29) is 24.6 Å². The van der Waals surface area contributed by atoms with E-state index in [4.69, 9.17) is 9.47 Å². The van der Waals surface area contributed by atoms with Crippen LogP contribution in [0.4, 0.5) is 5.69 Å². The number of carbonyl (C=O) groups is 2. The van der Waals surface area contributed by atoms with Gasteiger partial charge in [-0.05, 0) is 35.4 Å². The molecule has 4 rings (SSSR count). The van der Waals surface area contributed by atoms with Crippen molar-refractivity contribution in [3.8, 4) is 11.5 Å². The zero-order chi connectivity index (χ0) is 19.0. The zero-order valence-corrected chi connectivity index (χ0v) is 15.1. The van der Waals surface area contributed by atoms with Crippen molar-refractivity contribution in [1.82, 2.24) is 5.01 Å². The Morgan fingerprint density at radius 2 is 1.81 bits per heavy atom. The first-order chi connectivity index (χ1) is 13.0. The van der Waals surface area contributed by atoms with Gasteiger partial charge in [-0.3, -0.25) is 9.59 Å². The Morgan fingerprint density at radius 3 is 2.52 bits per heavy atom. The second-order valence-electron chi connectivity index (χ2n) is 6.50. The van der Waals surface area contributed by atoms with Crippen LogP contribution in [0.5, 0.6) is 11.5 Å². The Bertz CT molecular complexity index is 937. The second kappa shape index (κ2) is 6.75. The average Bonchev–Trinajstić information content (AvgIpc) is 3.28. The first-order valence-corrected chi connectivity index (χ1v) is 8.66. The van der Waals surface area contributed by atoms with Gasteiger partial charge in [0, 0.05) is 26.0 Å². The van der Waals surface area contributed by atoms with Crippen LogP contribution in [0.15, 0.2) is 47.6 Å². The lowest BCUT2D eigenvalue weighted by Gasteiger charge is -2.20. The molecule has 2 aromatic carbocycles. The summed E-state index contributed by atoms with van der Waals surface area (Å²) in [7, 11) is 0. The molecule has 0 saturated heterocycles. The molecular weight excluding hydrogens is 346 g/mol. The largest absolute Gasteiger partial charge is 0.454 e. The second-order valence-corrected chi connectivity index (χ2v) is 6.50. The van der Waals surface area contributed by atoms with Gasteiger partial charge in [0.1, 0.15) is 0 Å². The van der Waals surface area contributed by atoms with Crippen LogP contribution in [-0.2, 0) is 9.59 Å². The highest BCUT2D eigenvalue weighted by Crippen LogP contribution is 2.39. The molecule has 0 saturated carbocycles. The van der Waals surface area contributed by atoms with Crippen molar-refractivity contribution in [2.45, 2.75) is 26.3 Å². The van der Waals surface area contributed by atoms with Gasteiger partial charge in [-0.25, -0.2) is 5.01 Å². The summed E-state index contributed by atoms with van der Waals surface area (Å²) in [6.45, 7) is 3.18. The lowest BCUT2D eigenvalue weighted by Crippen LogP contribution is -2.24. The third-order valence-electron chi connectivity index (χ3n) is 4.55. The molecule has 2 aliphatic rings. The SMILES string of the molecule is CC(=O)Nc1ccc(C2=NN(C(C)=O)[C@@H](c3ccc4c(c3)OCO4)C2)cc1. The number of benzene rings is 2. The molecule has 0 radical (unpaired) electrons. The number of nitrogens with zero attached hydrogens (tertiary/aromatic N) is 2. The smallest absolute Gasteiger partial charge is 0.240 e. The van der Waals surface area contributed by atoms with E-state index in [2.05, 4.69) is 10.4 Å². The minimum atomic E-state index is -0.193. The maximum Gasteiger partial charge on any atom is 0.240 e. The van der Waals surface area contributed by atoms with Crippen molar-refractivity contribution in [1.29, 1.82) is 0 Å². The van der Waals surface area contributed by atoms with E-state index in [9.17, 15) is 9.59 Å². The van der Waals surface area contributed by atoms with Crippen LogP contribution in [0.1, 0.15) is 37.4 Å². The molecule has 7 nitrogen and oxygen atoms in total. The third-order valence-corrected chi connectivity index (χ3v) is 4.55. The van der Waals surface area contributed by atoms with E-state index in [1.165, 1.54) is 18.9 Å². The Balaban J connectivity index is 1.60. The molecule has 0 aliphatic carbocycles. The molecular formula is C20H19N3O4. The molecule has 0 unspecified atom stereocenters. The lowest BCUT2D eigenvalue weighted by atomic mass is 9.98. The highest BCUT2D eigenvalue weighted by atomic mass is 16.7. The summed E-state index contributed by atoms with van der Waals surface area (Å²) in [5.74, 6) is 1.15. The van der Waals surface area contributed by atoms with Crippen LogP contribution >= 0.6 is 0 Å². The number of hydrazone groups is 1. The highest BCUT2D eigenvalue weighted by Gasteiger charge is 2.32. The summed E-state index contributed by atoms with van der Waals surface area (Å²) in [4.78, 5) is 23.3. The number of amides is 2. The van der Waals surface area contributed by atoms with Crippen LogP contribution in [-0.4, -0.2) is 29.3 Å². The van der Waals surface area contributed by atoms with Crippen molar-refractivity contribution < 1.29 is 19.1 Å². The fourth-order valence-electron chi connectivity index (χ4n) is 3.30. The number of hydrogen-bond acceptors (Lipinski definition) is 5. The first kappa shape index (κ1) is 17.1. The van der Waals surface area contributed by atoms with Crippen molar-refractivity contribution in [3.63, 3.8) is 0 Å². The van der Waals surface area contributed by atoms with Gasteiger partial charge in [-0.15, -0.1) is 0 Å². The average molecular weight is 365 g/mol. The van der Waals surface area contributed by atoms with E-state index in [1.54, 1.807) is 0 Å². The maximum atomic E-state index is 12.1. The first-order valence-electron chi connectivity index (χ1n) is 8.66. The standard InChI is InChI=1S/C20H19N3O4/c1-12(24)21-16-6-3-14(4-7-16)17-10-18(23(22-17)13(2)25)15-5-8-19-20(9-15)27-11-26-19/h3-9,18H,10-11H2,1-2H3,(H,21,24)/t18-/m1/s1. The molecule has 138 valence electrons. The lowest BCUT2D eigenvalue weighted by molar-refractivity contribution is -0.130. The van der Waals surface area contributed by atoms with Crippen LogP contribution in [0, 0.1) is 0 Å². The summed E-state index contributed by atoms with van der Waals surface area (Å²) >= 11 is 0. The normalized spacial score (nSPS) is 17.6. The van der Waals surface area contributed by atoms with Crippen molar-refractivity contribution in [2.24, 2.45) is 5.10 Å². The van der Waals surface area contributed by atoms with E-state index >= 15 is 0 Å². The molecule has 0 fully saturated rings. The van der Waals surface area contributed by atoms with Gasteiger partial charge in [-0.2, -0.15) is 5.10 Å². The van der Waals surface area contributed by atoms with Gasteiger partial charge >= 0.3 is 0 Å². The molecule has 7 heteroatoms. The van der Waals surface area contributed by atoms with Crippen molar-refractivity contribution in [2.75, 3.05) is 12.1 Å². The van der Waals surface area contributed by atoms with E-state index in [0.717, 1.165) is 22.5 Å². The summed E-state index contributed by atoms with van der Waals surface area (Å²) in [5, 5.41) is 8.79. The van der Waals surface area contributed by atoms with Gasteiger partial charge in [0.25, 0.3) is 0 Å². The number of nitrogens with one attached hydrogen (secondary N) is 1. The molecule has 2 aromatic rings. The van der Waals surface area contributed by atoms with E-state index in [0.29, 0.717) is 17.9 Å². The topological polar surface area (TPSA) is 80.2 Å². The number of carbonyl (C=O) groups excluding carboxylic acids is 2. The van der Waals surface area contributed by atoms with Crippen LogP contribution in [0.3, 0.4) is 0 Å². The van der Waals surface area contributed by atoms with Gasteiger partial charge in [0.05, 0.1) is 11.8 Å². The molecule has 0 aromatic heterocycles. The van der Waals surface area contributed by atoms with Gasteiger partial charge in [-0.1, -0.05) is 18.2 Å². The van der Waals surface area contributed by atoms with Crippen LogP contribution in [0.25, 0.3) is 0 Å². The molecule has 27 heavy (non-hydrogen) atoms. The molecule has 2 aliphatic heterocycles. The summed E-state index contributed by atoms with van der Waals surface area (Å²) in [6, 6.07) is 12.9. The Kier molecular flexibility index (Phi) is 4.27. The quantitative estimate of drug-likeness (QED) is 0.906. The minimum absolute atomic E-state index is 0.119. The molecule has 2 amide bonds. The summed E-state index contributed by atoms with van der Waals surface area (Å²) in [6.07, 6.45) is 0.596. The van der Waals surface area contributed by atoms with Gasteiger partial charge < -0.3 is 14.8 Å². The molecule has 0 bridgehead atoms. The molecule has 1 N–H and O–H groups in total. The minimum Gasteiger partial charge on any atom is -0.454 e. The highest BCUT2D eigenvalue weighted by molar-refractivity contribution is 6.03. The van der Waals surface area contributed by atoms with E-state index in [1.807, 2.05) is 42.5 Å². The predicted octanol–water partition coefficient (Wildman–Crippen LogP) is 3.07. The molecule has 1 atom stereocenters. The van der Waals surface area contributed by atoms with Gasteiger partial charge in [0.15, 0.2) is 11.5 Å². The van der Waals surface area contributed by atoms with Crippen LogP contribution < -0.4 is 14.8 Å². The Hall–Kier alpha value is -3.35. The van der Waals surface area contributed by atoms with Gasteiger partial charge in [0.2, 0.25) is 18.6 Å². The Labute approximate surface area is 156 Å². The fraction of sp³-hybridized carbons (Fsp3) is 0.250. The van der Waals surface area contributed by atoms with E-state index < -0.39 is 0 Å². The number of rotatable bonds is 3. The van der Waals surface area contributed by atoms with Crippen LogP contribution in [0.2, 0.25) is 0 Å². The summed E-state index contributed by atoms with van der Waals surface area (Å²) < 4.78 is 10.8. The summed E-state index contributed by atoms with van der Waals surface area (Å²) in [5.41, 5.74) is 3.41. The monoisotopic (exact) mass is 365 g/mol. The third kappa shape index (κ3) is 3.36. The molecule has 2 heterocycles. The van der Waals surface area contributed by atoms with Crippen molar-refractivity contribution >= 4 is 23.2 Å². The Morgan fingerprint density at radius 1 is 1.07 bits per heavy atom. The van der Waals surface area contributed by atoms with Crippen molar-refractivity contribution in [3.05, 3.63) is 53.6 Å². The number of fused-ring (bicyclic) bond motifs is 1. The fourth-order valence-corrected chi connectivity index (χ4v) is 3.30. The zero-order valence-electron chi connectivity index (χ0n) is 15.1. The number of hydrogen-bond donors (Lipinski definition) is 1. The number of anilines is 1.